The van der Waals surface area contributed by atoms with Crippen molar-refractivity contribution in [2.45, 2.75) is 32.1 Å². The summed E-state index contributed by atoms with van der Waals surface area (Å²) in [6, 6.07) is 9.91. The SMILES string of the molecule is NC(=O)c1cn(CC(CCCO)OCc2ccccc2)cn1. The van der Waals surface area contributed by atoms with E-state index >= 15 is 0 Å². The molecule has 0 spiro atoms. The molecule has 1 unspecified atom stereocenters. The Morgan fingerprint density at radius 3 is 2.77 bits per heavy atom. The molecular weight excluding hydrogens is 282 g/mol. The van der Waals surface area contributed by atoms with Crippen LogP contribution in [-0.4, -0.2) is 33.3 Å². The van der Waals surface area contributed by atoms with Gasteiger partial charge >= 0.3 is 0 Å². The molecule has 6 nitrogen and oxygen atoms in total. The minimum absolute atomic E-state index is 0.0673. The Kier molecular flexibility index (Phi) is 6.12. The number of nitrogens with two attached hydrogens (primary N) is 1. The van der Waals surface area contributed by atoms with Crippen LogP contribution in [0.3, 0.4) is 0 Å². The highest BCUT2D eigenvalue weighted by Crippen LogP contribution is 2.10. The molecule has 0 saturated carbocycles. The first-order valence-electron chi connectivity index (χ1n) is 7.27. The summed E-state index contributed by atoms with van der Waals surface area (Å²) in [6.07, 6.45) is 4.50. The summed E-state index contributed by atoms with van der Waals surface area (Å²) in [5.41, 5.74) is 6.53. The Balaban J connectivity index is 1.94. The Hall–Kier alpha value is -2.18. The smallest absolute Gasteiger partial charge is 0.268 e. The third kappa shape index (κ3) is 4.98. The van der Waals surface area contributed by atoms with E-state index in [1.54, 1.807) is 17.1 Å². The standard InChI is InChI=1S/C16H21N3O3/c17-16(21)15-10-19(12-18-15)9-14(7-4-8-20)22-11-13-5-2-1-3-6-13/h1-3,5-6,10,12,14,20H,4,7-9,11H2,(H2,17,21). The van der Waals surface area contributed by atoms with Crippen LogP contribution in [0, 0.1) is 0 Å². The second-order valence-electron chi connectivity index (χ2n) is 5.10. The molecule has 2 aromatic rings. The zero-order valence-corrected chi connectivity index (χ0v) is 12.4. The summed E-state index contributed by atoms with van der Waals surface area (Å²) in [5.74, 6) is -0.545. The van der Waals surface area contributed by atoms with Crippen molar-refractivity contribution >= 4 is 5.91 Å². The fourth-order valence-electron chi connectivity index (χ4n) is 2.16. The molecule has 0 fully saturated rings. The van der Waals surface area contributed by atoms with Gasteiger partial charge in [0.2, 0.25) is 0 Å². The number of carbonyl (C=O) groups excluding carboxylic acids is 1. The molecule has 3 N–H and O–H groups in total. The fraction of sp³-hybridized carbons (Fsp3) is 0.375. The van der Waals surface area contributed by atoms with E-state index in [-0.39, 0.29) is 18.4 Å². The number of ether oxygens (including phenoxy) is 1. The first kappa shape index (κ1) is 16.2. The highest BCUT2D eigenvalue weighted by atomic mass is 16.5. The number of amides is 1. The molecule has 0 aliphatic rings. The zero-order chi connectivity index (χ0) is 15.8. The lowest BCUT2D eigenvalue weighted by molar-refractivity contribution is 0.0197. The van der Waals surface area contributed by atoms with Crippen molar-refractivity contribution in [2.75, 3.05) is 6.61 Å². The number of aliphatic hydroxyl groups is 1. The molecule has 0 bridgehead atoms. The number of carbonyl (C=O) groups is 1. The van der Waals surface area contributed by atoms with Crippen LogP contribution in [-0.2, 0) is 17.9 Å². The Morgan fingerprint density at radius 1 is 1.36 bits per heavy atom. The number of aromatic nitrogens is 2. The summed E-state index contributed by atoms with van der Waals surface area (Å²) in [7, 11) is 0. The highest BCUT2D eigenvalue weighted by Gasteiger charge is 2.12. The third-order valence-electron chi connectivity index (χ3n) is 3.31. The maximum Gasteiger partial charge on any atom is 0.268 e. The monoisotopic (exact) mass is 303 g/mol. The molecule has 1 aromatic heterocycles. The molecule has 1 aromatic carbocycles. The van der Waals surface area contributed by atoms with Gasteiger partial charge in [-0.3, -0.25) is 4.79 Å². The van der Waals surface area contributed by atoms with E-state index in [4.69, 9.17) is 15.6 Å². The van der Waals surface area contributed by atoms with Crippen LogP contribution in [0.5, 0.6) is 0 Å². The van der Waals surface area contributed by atoms with E-state index in [1.807, 2.05) is 30.3 Å². The van der Waals surface area contributed by atoms with E-state index in [0.717, 1.165) is 12.0 Å². The van der Waals surface area contributed by atoms with Gasteiger partial charge in [-0.25, -0.2) is 4.98 Å². The van der Waals surface area contributed by atoms with E-state index in [0.29, 0.717) is 19.6 Å². The predicted molar refractivity (Wildman–Crippen MR) is 82.1 cm³/mol. The van der Waals surface area contributed by atoms with Crippen molar-refractivity contribution in [3.05, 3.63) is 54.1 Å². The second-order valence-corrected chi connectivity index (χ2v) is 5.10. The van der Waals surface area contributed by atoms with Gasteiger partial charge in [-0.15, -0.1) is 0 Å². The summed E-state index contributed by atoms with van der Waals surface area (Å²) in [4.78, 5) is 15.0. The van der Waals surface area contributed by atoms with Crippen LogP contribution in [0.15, 0.2) is 42.9 Å². The summed E-state index contributed by atoms with van der Waals surface area (Å²) in [5, 5.41) is 9.01. The van der Waals surface area contributed by atoms with Crippen molar-refractivity contribution in [3.63, 3.8) is 0 Å². The lowest BCUT2D eigenvalue weighted by Crippen LogP contribution is -2.20. The van der Waals surface area contributed by atoms with Crippen molar-refractivity contribution in [1.29, 1.82) is 0 Å². The molecule has 6 heteroatoms. The third-order valence-corrected chi connectivity index (χ3v) is 3.31. The van der Waals surface area contributed by atoms with Crippen molar-refractivity contribution < 1.29 is 14.6 Å². The number of hydrogen-bond donors (Lipinski definition) is 2. The Bertz CT molecular complexity index is 583. The van der Waals surface area contributed by atoms with Gasteiger partial charge in [0.05, 0.1) is 19.0 Å². The minimum Gasteiger partial charge on any atom is -0.396 e. The Labute approximate surface area is 129 Å². The minimum atomic E-state index is -0.545. The van der Waals surface area contributed by atoms with Gasteiger partial charge in [0, 0.05) is 19.3 Å². The molecule has 1 atom stereocenters. The molecule has 22 heavy (non-hydrogen) atoms. The van der Waals surface area contributed by atoms with E-state index in [2.05, 4.69) is 4.98 Å². The predicted octanol–water partition coefficient (Wildman–Crippen LogP) is 1.34. The number of hydrogen-bond acceptors (Lipinski definition) is 4. The number of aliphatic hydroxyl groups excluding tert-OH is 1. The summed E-state index contributed by atoms with van der Waals surface area (Å²) < 4.78 is 7.71. The first-order chi connectivity index (χ1) is 10.7. The summed E-state index contributed by atoms with van der Waals surface area (Å²) >= 11 is 0. The largest absolute Gasteiger partial charge is 0.396 e. The number of primary amides is 1. The van der Waals surface area contributed by atoms with Crippen molar-refractivity contribution in [1.82, 2.24) is 9.55 Å². The van der Waals surface area contributed by atoms with E-state index in [9.17, 15) is 4.79 Å². The van der Waals surface area contributed by atoms with Crippen molar-refractivity contribution in [3.8, 4) is 0 Å². The van der Waals surface area contributed by atoms with Crippen LogP contribution in [0.4, 0.5) is 0 Å². The average molecular weight is 303 g/mol. The molecule has 1 heterocycles. The molecule has 118 valence electrons. The maximum absolute atomic E-state index is 11.1. The number of rotatable bonds is 9. The van der Waals surface area contributed by atoms with Crippen LogP contribution in [0.2, 0.25) is 0 Å². The lowest BCUT2D eigenvalue weighted by atomic mass is 10.2. The van der Waals surface area contributed by atoms with Gasteiger partial charge in [0.15, 0.2) is 0 Å². The fourth-order valence-corrected chi connectivity index (χ4v) is 2.16. The van der Waals surface area contributed by atoms with Gasteiger partial charge in [0.1, 0.15) is 5.69 Å². The molecule has 0 aliphatic heterocycles. The lowest BCUT2D eigenvalue weighted by Gasteiger charge is -2.18. The van der Waals surface area contributed by atoms with Crippen LogP contribution >= 0.6 is 0 Å². The molecule has 0 radical (unpaired) electrons. The van der Waals surface area contributed by atoms with Gasteiger partial charge in [-0.05, 0) is 18.4 Å². The molecule has 2 rings (SSSR count). The van der Waals surface area contributed by atoms with Gasteiger partial charge < -0.3 is 20.1 Å². The molecule has 1 amide bonds. The summed E-state index contributed by atoms with van der Waals surface area (Å²) in [6.45, 7) is 1.20. The first-order valence-corrected chi connectivity index (χ1v) is 7.27. The number of imidazole rings is 1. The quantitative estimate of drug-likeness (QED) is 0.731. The van der Waals surface area contributed by atoms with Crippen LogP contribution < -0.4 is 5.73 Å². The van der Waals surface area contributed by atoms with Gasteiger partial charge in [0.25, 0.3) is 5.91 Å². The normalized spacial score (nSPS) is 12.2. The maximum atomic E-state index is 11.1. The number of benzene rings is 1. The van der Waals surface area contributed by atoms with Crippen LogP contribution in [0.1, 0.15) is 28.9 Å². The highest BCUT2D eigenvalue weighted by molar-refractivity contribution is 5.90. The average Bonchev–Trinajstić information content (AvgIpc) is 3.00. The Morgan fingerprint density at radius 2 is 2.14 bits per heavy atom. The topological polar surface area (TPSA) is 90.4 Å². The molecular formula is C16H21N3O3. The second kappa shape index (κ2) is 8.31. The molecule has 0 aliphatic carbocycles. The van der Waals surface area contributed by atoms with E-state index < -0.39 is 5.91 Å². The van der Waals surface area contributed by atoms with Crippen LogP contribution in [0.25, 0.3) is 0 Å². The van der Waals surface area contributed by atoms with Gasteiger partial charge in [-0.1, -0.05) is 30.3 Å². The van der Waals surface area contributed by atoms with Gasteiger partial charge in [-0.2, -0.15) is 0 Å². The van der Waals surface area contributed by atoms with Crippen molar-refractivity contribution in [2.24, 2.45) is 5.73 Å². The van der Waals surface area contributed by atoms with E-state index in [1.165, 1.54) is 0 Å². The molecule has 0 saturated heterocycles. The number of nitrogens with zero attached hydrogens (tertiary/aromatic N) is 2. The zero-order valence-electron chi connectivity index (χ0n) is 12.4.